The van der Waals surface area contributed by atoms with Gasteiger partial charge < -0.3 is 14.4 Å². The van der Waals surface area contributed by atoms with E-state index in [1.807, 2.05) is 38.4 Å². The molecule has 0 radical (unpaired) electrons. The molecule has 0 atom stereocenters. The van der Waals surface area contributed by atoms with Gasteiger partial charge in [0.1, 0.15) is 5.15 Å². The predicted molar refractivity (Wildman–Crippen MR) is 107 cm³/mol. The molecule has 3 aromatic rings. The summed E-state index contributed by atoms with van der Waals surface area (Å²) in [5, 5.41) is 1.09. The van der Waals surface area contributed by atoms with Gasteiger partial charge in [0.05, 0.1) is 19.7 Å². The molecular formula is C20H20ClN3O2. The molecular weight excluding hydrogens is 350 g/mol. The first-order valence-corrected chi connectivity index (χ1v) is 8.44. The second-order valence-electron chi connectivity index (χ2n) is 5.92. The van der Waals surface area contributed by atoms with E-state index >= 15 is 0 Å². The highest BCUT2D eigenvalue weighted by Crippen LogP contribution is 2.33. The minimum absolute atomic E-state index is 0.374. The van der Waals surface area contributed by atoms with Crippen LogP contribution in [-0.2, 0) is 0 Å². The Labute approximate surface area is 157 Å². The van der Waals surface area contributed by atoms with Crippen molar-refractivity contribution >= 4 is 40.3 Å². The minimum atomic E-state index is 0.374. The lowest BCUT2D eigenvalue weighted by Crippen LogP contribution is -2.07. The van der Waals surface area contributed by atoms with Crippen molar-refractivity contribution in [3.63, 3.8) is 0 Å². The number of anilines is 1. The molecule has 2 aromatic carbocycles. The molecule has 0 N–H and O–H groups in total. The third-order valence-corrected chi connectivity index (χ3v) is 4.29. The lowest BCUT2D eigenvalue weighted by molar-refractivity contribution is 0.356. The molecule has 0 spiro atoms. The smallest absolute Gasteiger partial charge is 0.162 e. The second-order valence-corrected chi connectivity index (χ2v) is 6.27. The highest BCUT2D eigenvalue weighted by Gasteiger charge is 2.11. The molecule has 0 bridgehead atoms. The zero-order valence-electron chi connectivity index (χ0n) is 15.2. The van der Waals surface area contributed by atoms with E-state index in [9.17, 15) is 0 Å². The highest BCUT2D eigenvalue weighted by atomic mass is 35.5. The van der Waals surface area contributed by atoms with Gasteiger partial charge in [0.15, 0.2) is 17.3 Å². The first-order valence-electron chi connectivity index (χ1n) is 8.06. The third kappa shape index (κ3) is 3.73. The standard InChI is InChI=1S/C20H20ClN3O2/c1-24(2)14-8-5-13(6-9-14)7-10-19-22-16-12-18(26-4)17(25-3)11-15(16)20(21)23-19/h5-12H,1-4H3/b10-7+. The molecule has 26 heavy (non-hydrogen) atoms. The van der Waals surface area contributed by atoms with Crippen LogP contribution in [-0.4, -0.2) is 38.3 Å². The number of methoxy groups -OCH3 is 2. The van der Waals surface area contributed by atoms with Crippen LogP contribution in [0.5, 0.6) is 11.5 Å². The van der Waals surface area contributed by atoms with Crippen LogP contribution >= 0.6 is 11.6 Å². The lowest BCUT2D eigenvalue weighted by Gasteiger charge is -2.11. The molecule has 0 unspecified atom stereocenters. The fraction of sp³-hybridized carbons (Fsp3) is 0.200. The summed E-state index contributed by atoms with van der Waals surface area (Å²) < 4.78 is 10.6. The van der Waals surface area contributed by atoms with Gasteiger partial charge >= 0.3 is 0 Å². The number of halogens is 1. The number of hydrogen-bond acceptors (Lipinski definition) is 5. The van der Waals surface area contributed by atoms with Gasteiger partial charge in [-0.05, 0) is 29.8 Å². The number of fused-ring (bicyclic) bond motifs is 1. The first-order chi connectivity index (χ1) is 12.5. The molecule has 1 aromatic heterocycles. The SMILES string of the molecule is COc1cc2nc(/C=C/c3ccc(N(C)C)cc3)nc(Cl)c2cc1OC. The highest BCUT2D eigenvalue weighted by molar-refractivity contribution is 6.34. The van der Waals surface area contributed by atoms with Crippen molar-refractivity contribution in [3.05, 3.63) is 52.9 Å². The van der Waals surface area contributed by atoms with E-state index in [0.717, 1.165) is 16.6 Å². The molecule has 5 nitrogen and oxygen atoms in total. The minimum Gasteiger partial charge on any atom is -0.493 e. The van der Waals surface area contributed by atoms with Crippen LogP contribution in [0.3, 0.4) is 0 Å². The number of benzene rings is 2. The second kappa shape index (κ2) is 7.62. The molecule has 134 valence electrons. The monoisotopic (exact) mass is 369 g/mol. The molecule has 0 saturated heterocycles. The first kappa shape index (κ1) is 18.0. The summed E-state index contributed by atoms with van der Waals surface area (Å²) in [6.07, 6.45) is 3.80. The molecule has 3 rings (SSSR count). The van der Waals surface area contributed by atoms with Gasteiger partial charge in [-0.3, -0.25) is 0 Å². The molecule has 1 heterocycles. The predicted octanol–water partition coefficient (Wildman–Crippen LogP) is 4.54. The van der Waals surface area contributed by atoms with Crippen LogP contribution in [0, 0.1) is 0 Å². The molecule has 0 saturated carbocycles. The fourth-order valence-electron chi connectivity index (χ4n) is 2.56. The van der Waals surface area contributed by atoms with E-state index in [0.29, 0.717) is 28.0 Å². The van der Waals surface area contributed by atoms with E-state index in [1.165, 1.54) is 0 Å². The fourth-order valence-corrected chi connectivity index (χ4v) is 2.80. The van der Waals surface area contributed by atoms with Gasteiger partial charge in [0.25, 0.3) is 0 Å². The zero-order valence-corrected chi connectivity index (χ0v) is 15.9. The van der Waals surface area contributed by atoms with Gasteiger partial charge in [-0.25, -0.2) is 9.97 Å². The average Bonchev–Trinajstić information content (AvgIpc) is 2.65. The molecule has 0 aliphatic carbocycles. The van der Waals surface area contributed by atoms with Crippen molar-refractivity contribution in [1.82, 2.24) is 9.97 Å². The van der Waals surface area contributed by atoms with E-state index < -0.39 is 0 Å². The molecule has 6 heteroatoms. The maximum atomic E-state index is 6.34. The van der Waals surface area contributed by atoms with E-state index in [4.69, 9.17) is 21.1 Å². The Hall–Kier alpha value is -2.79. The Morgan fingerprint density at radius 2 is 1.58 bits per heavy atom. The summed E-state index contributed by atoms with van der Waals surface area (Å²) in [5.74, 6) is 1.73. The van der Waals surface area contributed by atoms with E-state index in [1.54, 1.807) is 26.4 Å². The number of aromatic nitrogens is 2. The van der Waals surface area contributed by atoms with Gasteiger partial charge in [-0.1, -0.05) is 29.8 Å². The van der Waals surface area contributed by atoms with Crippen LogP contribution in [0.2, 0.25) is 5.15 Å². The maximum Gasteiger partial charge on any atom is 0.162 e. The number of ether oxygens (including phenoxy) is 2. The summed E-state index contributed by atoms with van der Waals surface area (Å²) in [6, 6.07) is 11.8. The van der Waals surface area contributed by atoms with Gasteiger partial charge in [-0.2, -0.15) is 0 Å². The number of nitrogens with zero attached hydrogens (tertiary/aromatic N) is 3. The largest absolute Gasteiger partial charge is 0.493 e. The average molecular weight is 370 g/mol. The van der Waals surface area contributed by atoms with Crippen molar-refractivity contribution in [2.24, 2.45) is 0 Å². The topological polar surface area (TPSA) is 47.5 Å². The third-order valence-electron chi connectivity index (χ3n) is 4.01. The van der Waals surface area contributed by atoms with Crippen LogP contribution in [0.4, 0.5) is 5.69 Å². The van der Waals surface area contributed by atoms with Crippen molar-refractivity contribution < 1.29 is 9.47 Å². The number of hydrogen-bond donors (Lipinski definition) is 0. The maximum absolute atomic E-state index is 6.34. The molecule has 0 amide bonds. The normalized spacial score (nSPS) is 11.1. The number of rotatable bonds is 5. The Bertz CT molecular complexity index is 953. The summed E-state index contributed by atoms with van der Waals surface area (Å²) in [6.45, 7) is 0. The summed E-state index contributed by atoms with van der Waals surface area (Å²) in [4.78, 5) is 11.0. The van der Waals surface area contributed by atoms with Crippen LogP contribution < -0.4 is 14.4 Å². The van der Waals surface area contributed by atoms with Crippen LogP contribution in [0.1, 0.15) is 11.4 Å². The molecule has 0 aliphatic heterocycles. The van der Waals surface area contributed by atoms with Gasteiger partial charge in [0, 0.05) is 31.2 Å². The van der Waals surface area contributed by atoms with Crippen molar-refractivity contribution in [2.45, 2.75) is 0 Å². The quantitative estimate of drug-likeness (QED) is 0.618. The van der Waals surface area contributed by atoms with E-state index in [2.05, 4.69) is 27.0 Å². The van der Waals surface area contributed by atoms with Crippen molar-refractivity contribution in [2.75, 3.05) is 33.2 Å². The van der Waals surface area contributed by atoms with E-state index in [-0.39, 0.29) is 0 Å². The zero-order chi connectivity index (χ0) is 18.7. The Morgan fingerprint density at radius 1 is 0.923 bits per heavy atom. The van der Waals surface area contributed by atoms with Gasteiger partial charge in [-0.15, -0.1) is 0 Å². The Morgan fingerprint density at radius 3 is 2.19 bits per heavy atom. The molecule has 0 fully saturated rings. The van der Waals surface area contributed by atoms with Crippen LogP contribution in [0.15, 0.2) is 36.4 Å². The van der Waals surface area contributed by atoms with Crippen molar-refractivity contribution in [3.8, 4) is 11.5 Å². The Kier molecular flexibility index (Phi) is 5.28. The van der Waals surface area contributed by atoms with Gasteiger partial charge in [0.2, 0.25) is 0 Å². The van der Waals surface area contributed by atoms with Crippen molar-refractivity contribution in [1.29, 1.82) is 0 Å². The summed E-state index contributed by atoms with van der Waals surface area (Å²) in [7, 11) is 7.19. The van der Waals surface area contributed by atoms with Crippen LogP contribution in [0.25, 0.3) is 23.1 Å². The summed E-state index contributed by atoms with van der Waals surface area (Å²) >= 11 is 6.34. The molecule has 0 aliphatic rings. The summed E-state index contributed by atoms with van der Waals surface area (Å²) in [5.41, 5.74) is 2.90. The lowest BCUT2D eigenvalue weighted by atomic mass is 10.2. The Balaban J connectivity index is 1.95.